The molecule has 1 saturated carbocycles. The van der Waals surface area contributed by atoms with Gasteiger partial charge < -0.3 is 10.1 Å². The van der Waals surface area contributed by atoms with Crippen LogP contribution < -0.4 is 10.1 Å². The summed E-state index contributed by atoms with van der Waals surface area (Å²) in [6.45, 7) is 6.64. The Balaban J connectivity index is 1.40. The Morgan fingerprint density at radius 1 is 1.06 bits per heavy atom. The fraction of sp³-hybridized carbons (Fsp3) is 0.367. The predicted molar refractivity (Wildman–Crippen MR) is 136 cm³/mol. The highest BCUT2D eigenvalue weighted by Gasteiger charge is 2.30. The Morgan fingerprint density at radius 3 is 2.65 bits per heavy atom. The smallest absolute Gasteiger partial charge is 0.260 e. The van der Waals surface area contributed by atoms with Crippen LogP contribution in [0.25, 0.3) is 0 Å². The minimum absolute atomic E-state index is 0.0368. The zero-order valence-electron chi connectivity index (χ0n) is 20.2. The van der Waals surface area contributed by atoms with Gasteiger partial charge in [-0.1, -0.05) is 66.2 Å². The number of aryl methyl sites for hydroxylation is 1. The molecule has 1 amide bonds. The molecule has 0 unspecified atom stereocenters. The van der Waals surface area contributed by atoms with Gasteiger partial charge in [0.15, 0.2) is 6.10 Å². The third-order valence-electron chi connectivity index (χ3n) is 6.97. The standard InChI is InChI=1S/C30H34N2O2/c1-21-7-6-8-24(17-21)20-32-16-15-25-13-14-27(34-22(2)30(33)31-19-23-11-12-23)18-28(25)29(32)26-9-4-3-5-10-26/h3-10,13-14,17-18,22-23,29H,11-12,15-16,19-20H2,1-2H3,(H,31,33)/t22-,29+/m1/s1. The molecular formula is C30H34N2O2. The molecule has 1 N–H and O–H groups in total. The van der Waals surface area contributed by atoms with Crippen molar-refractivity contribution in [2.24, 2.45) is 5.92 Å². The molecule has 0 spiro atoms. The van der Waals surface area contributed by atoms with Crippen LogP contribution in [0.2, 0.25) is 0 Å². The second kappa shape index (κ2) is 10.0. The fourth-order valence-electron chi connectivity index (χ4n) is 4.93. The van der Waals surface area contributed by atoms with Gasteiger partial charge in [-0.25, -0.2) is 0 Å². The van der Waals surface area contributed by atoms with Gasteiger partial charge in [0.2, 0.25) is 0 Å². The second-order valence-electron chi connectivity index (χ2n) is 9.83. The third-order valence-corrected chi connectivity index (χ3v) is 6.97. The average Bonchev–Trinajstić information content (AvgIpc) is 3.67. The van der Waals surface area contributed by atoms with Crippen molar-refractivity contribution in [2.45, 2.75) is 51.8 Å². The highest BCUT2D eigenvalue weighted by atomic mass is 16.5. The first-order valence-electron chi connectivity index (χ1n) is 12.5. The number of benzene rings is 3. The minimum Gasteiger partial charge on any atom is -0.481 e. The van der Waals surface area contributed by atoms with E-state index in [4.69, 9.17) is 4.74 Å². The first kappa shape index (κ1) is 22.7. The van der Waals surface area contributed by atoms with Gasteiger partial charge in [-0.05, 0) is 73.4 Å². The Hall–Kier alpha value is -3.11. The van der Waals surface area contributed by atoms with Crippen molar-refractivity contribution >= 4 is 5.91 Å². The number of carbonyl (C=O) groups is 1. The fourth-order valence-corrected chi connectivity index (χ4v) is 4.93. The third kappa shape index (κ3) is 5.34. The van der Waals surface area contributed by atoms with Gasteiger partial charge in [-0.15, -0.1) is 0 Å². The maximum Gasteiger partial charge on any atom is 0.260 e. The number of rotatable bonds is 8. The molecular weight excluding hydrogens is 420 g/mol. The second-order valence-corrected chi connectivity index (χ2v) is 9.83. The quantitative estimate of drug-likeness (QED) is 0.493. The van der Waals surface area contributed by atoms with Crippen LogP contribution in [0.4, 0.5) is 0 Å². The van der Waals surface area contributed by atoms with Crippen molar-refractivity contribution in [1.82, 2.24) is 10.2 Å². The Kier molecular flexibility index (Phi) is 6.68. The summed E-state index contributed by atoms with van der Waals surface area (Å²) in [4.78, 5) is 15.1. The molecule has 3 aromatic carbocycles. The van der Waals surface area contributed by atoms with Crippen LogP contribution in [0, 0.1) is 12.8 Å². The van der Waals surface area contributed by atoms with Crippen LogP contribution in [-0.2, 0) is 17.8 Å². The number of hydrogen-bond donors (Lipinski definition) is 1. The Morgan fingerprint density at radius 2 is 1.88 bits per heavy atom. The normalized spacial score (nSPS) is 18.7. The van der Waals surface area contributed by atoms with Crippen molar-refractivity contribution < 1.29 is 9.53 Å². The van der Waals surface area contributed by atoms with E-state index < -0.39 is 6.10 Å². The van der Waals surface area contributed by atoms with E-state index >= 15 is 0 Å². The van der Waals surface area contributed by atoms with Crippen LogP contribution in [-0.4, -0.2) is 30.0 Å². The number of fused-ring (bicyclic) bond motifs is 1. The number of nitrogens with zero attached hydrogens (tertiary/aromatic N) is 1. The lowest BCUT2D eigenvalue weighted by atomic mass is 9.87. The topological polar surface area (TPSA) is 41.6 Å². The van der Waals surface area contributed by atoms with Crippen LogP contribution in [0.15, 0.2) is 72.8 Å². The Bertz CT molecular complexity index is 1140. The molecule has 0 aromatic heterocycles. The molecule has 0 radical (unpaired) electrons. The molecule has 0 saturated heterocycles. The minimum atomic E-state index is -0.515. The highest BCUT2D eigenvalue weighted by Crippen LogP contribution is 2.38. The number of hydrogen-bond acceptors (Lipinski definition) is 3. The van der Waals surface area contributed by atoms with E-state index in [0.717, 1.165) is 31.8 Å². The molecule has 1 aliphatic heterocycles. The predicted octanol–water partition coefficient (Wildman–Crippen LogP) is 5.44. The zero-order chi connectivity index (χ0) is 23.5. The molecule has 3 aromatic rings. The molecule has 2 aliphatic rings. The van der Waals surface area contributed by atoms with E-state index in [1.165, 1.54) is 40.7 Å². The lowest BCUT2D eigenvalue weighted by Gasteiger charge is -2.38. The molecule has 1 heterocycles. The number of amides is 1. The van der Waals surface area contributed by atoms with E-state index in [0.29, 0.717) is 5.92 Å². The SMILES string of the molecule is Cc1cccc(CN2CCc3ccc(O[C@H](C)C(=O)NCC4CC4)cc3[C@@H]2c2ccccc2)c1. The van der Waals surface area contributed by atoms with Gasteiger partial charge in [-0.2, -0.15) is 0 Å². The largest absolute Gasteiger partial charge is 0.481 e. The van der Waals surface area contributed by atoms with E-state index in [1.54, 1.807) is 0 Å². The first-order chi connectivity index (χ1) is 16.6. The van der Waals surface area contributed by atoms with E-state index in [-0.39, 0.29) is 11.9 Å². The first-order valence-corrected chi connectivity index (χ1v) is 12.5. The molecule has 34 heavy (non-hydrogen) atoms. The van der Waals surface area contributed by atoms with E-state index in [9.17, 15) is 4.79 Å². The maximum atomic E-state index is 12.5. The van der Waals surface area contributed by atoms with Crippen LogP contribution in [0.5, 0.6) is 5.75 Å². The van der Waals surface area contributed by atoms with Crippen molar-refractivity contribution in [3.05, 3.63) is 101 Å². The molecule has 4 nitrogen and oxygen atoms in total. The highest BCUT2D eigenvalue weighted by molar-refractivity contribution is 5.80. The molecule has 2 atom stereocenters. The van der Waals surface area contributed by atoms with Gasteiger partial charge in [0.1, 0.15) is 5.75 Å². The van der Waals surface area contributed by atoms with Crippen LogP contribution in [0.1, 0.15) is 53.6 Å². The molecule has 4 heteroatoms. The van der Waals surface area contributed by atoms with Gasteiger partial charge in [0.25, 0.3) is 5.91 Å². The van der Waals surface area contributed by atoms with Crippen LogP contribution in [0.3, 0.4) is 0 Å². The number of nitrogens with one attached hydrogen (secondary N) is 1. The lowest BCUT2D eigenvalue weighted by Crippen LogP contribution is -2.37. The van der Waals surface area contributed by atoms with E-state index in [2.05, 4.69) is 83.9 Å². The van der Waals surface area contributed by atoms with Gasteiger partial charge in [0, 0.05) is 19.6 Å². The maximum absolute atomic E-state index is 12.5. The van der Waals surface area contributed by atoms with Gasteiger partial charge in [-0.3, -0.25) is 9.69 Å². The number of ether oxygens (including phenoxy) is 1. The number of carbonyl (C=O) groups excluding carboxylic acids is 1. The summed E-state index contributed by atoms with van der Waals surface area (Å²) >= 11 is 0. The van der Waals surface area contributed by atoms with Crippen LogP contribution >= 0.6 is 0 Å². The van der Waals surface area contributed by atoms with Crippen molar-refractivity contribution in [2.75, 3.05) is 13.1 Å². The molecule has 0 bridgehead atoms. The molecule has 176 valence electrons. The molecule has 1 aliphatic carbocycles. The summed E-state index contributed by atoms with van der Waals surface area (Å²) in [7, 11) is 0. The molecule has 1 fully saturated rings. The monoisotopic (exact) mass is 454 g/mol. The zero-order valence-corrected chi connectivity index (χ0v) is 20.2. The van der Waals surface area contributed by atoms with Crippen molar-refractivity contribution in [3.8, 4) is 5.75 Å². The van der Waals surface area contributed by atoms with Crippen molar-refractivity contribution in [1.29, 1.82) is 0 Å². The Labute approximate surface area is 202 Å². The average molecular weight is 455 g/mol. The van der Waals surface area contributed by atoms with Crippen molar-refractivity contribution in [3.63, 3.8) is 0 Å². The summed E-state index contributed by atoms with van der Waals surface area (Å²) < 4.78 is 6.12. The summed E-state index contributed by atoms with van der Waals surface area (Å²) in [5, 5.41) is 3.03. The summed E-state index contributed by atoms with van der Waals surface area (Å²) in [6.07, 6.45) is 2.93. The summed E-state index contributed by atoms with van der Waals surface area (Å²) in [6, 6.07) is 26.0. The van der Waals surface area contributed by atoms with E-state index in [1.807, 2.05) is 13.0 Å². The molecule has 5 rings (SSSR count). The van der Waals surface area contributed by atoms with Gasteiger partial charge in [0.05, 0.1) is 6.04 Å². The lowest BCUT2D eigenvalue weighted by molar-refractivity contribution is -0.127. The summed E-state index contributed by atoms with van der Waals surface area (Å²) in [5.41, 5.74) is 6.53. The van der Waals surface area contributed by atoms with Gasteiger partial charge >= 0.3 is 0 Å². The summed E-state index contributed by atoms with van der Waals surface area (Å²) in [5.74, 6) is 1.38.